The lowest BCUT2D eigenvalue weighted by atomic mass is 9.78. The molecular formula is C19H21N5O2. The summed E-state index contributed by atoms with van der Waals surface area (Å²) in [5.74, 6) is 0.208. The first kappa shape index (κ1) is 16.4. The number of hydrogen-bond acceptors (Lipinski definition) is 4. The fraction of sp³-hybridized carbons (Fsp3) is 0.316. The number of H-pyrrole nitrogens is 2. The zero-order valence-corrected chi connectivity index (χ0v) is 14.7. The molecule has 0 spiro atoms. The van der Waals surface area contributed by atoms with E-state index in [0.29, 0.717) is 11.3 Å². The lowest BCUT2D eigenvalue weighted by Crippen LogP contribution is -2.43. The summed E-state index contributed by atoms with van der Waals surface area (Å²) in [4.78, 5) is 34.0. The second-order valence-corrected chi connectivity index (χ2v) is 7.03. The van der Waals surface area contributed by atoms with Crippen molar-refractivity contribution in [3.05, 3.63) is 57.1 Å². The molecule has 0 saturated heterocycles. The van der Waals surface area contributed by atoms with Crippen molar-refractivity contribution in [1.29, 1.82) is 0 Å². The average molecular weight is 351 g/mol. The molecule has 1 saturated carbocycles. The van der Waals surface area contributed by atoms with Crippen LogP contribution in [-0.4, -0.2) is 26.9 Å². The third kappa shape index (κ3) is 2.85. The maximum absolute atomic E-state index is 12.5. The number of nitrogens with zero attached hydrogens (tertiary/aromatic N) is 1. The fourth-order valence-electron chi connectivity index (χ4n) is 3.55. The minimum atomic E-state index is -0.245. The van der Waals surface area contributed by atoms with Crippen molar-refractivity contribution >= 4 is 22.8 Å². The van der Waals surface area contributed by atoms with Gasteiger partial charge in [-0.25, -0.2) is 4.98 Å². The number of nitrogens with two attached hydrogens (primary N) is 1. The predicted molar refractivity (Wildman–Crippen MR) is 100 cm³/mol. The number of aromatic nitrogens is 3. The SMILES string of the molecule is Cc1[nH]c2ccc(C(=O)NC3CC(c4cc(=O)[nH]c(N)n4)C3)cc2c1C. The minimum absolute atomic E-state index is 0.0769. The number of fused-ring (bicyclic) bond motifs is 1. The summed E-state index contributed by atoms with van der Waals surface area (Å²) in [6, 6.07) is 7.27. The summed E-state index contributed by atoms with van der Waals surface area (Å²) >= 11 is 0. The van der Waals surface area contributed by atoms with Gasteiger partial charge >= 0.3 is 0 Å². The molecule has 0 aliphatic heterocycles. The van der Waals surface area contributed by atoms with Gasteiger partial charge in [-0.1, -0.05) is 0 Å². The van der Waals surface area contributed by atoms with Crippen molar-refractivity contribution in [3.8, 4) is 0 Å². The van der Waals surface area contributed by atoms with E-state index in [1.165, 1.54) is 6.07 Å². The number of amides is 1. The minimum Gasteiger partial charge on any atom is -0.369 e. The van der Waals surface area contributed by atoms with E-state index in [1.54, 1.807) is 0 Å². The smallest absolute Gasteiger partial charge is 0.252 e. The van der Waals surface area contributed by atoms with Gasteiger partial charge in [-0.15, -0.1) is 0 Å². The van der Waals surface area contributed by atoms with Crippen molar-refractivity contribution in [2.24, 2.45) is 0 Å². The second kappa shape index (κ2) is 6.01. The van der Waals surface area contributed by atoms with Crippen LogP contribution in [0.3, 0.4) is 0 Å². The highest BCUT2D eigenvalue weighted by molar-refractivity contribution is 5.99. The Morgan fingerprint density at radius 3 is 2.73 bits per heavy atom. The number of rotatable bonds is 3. The second-order valence-electron chi connectivity index (χ2n) is 7.03. The largest absolute Gasteiger partial charge is 0.369 e. The lowest BCUT2D eigenvalue weighted by Gasteiger charge is -2.35. The monoisotopic (exact) mass is 351 g/mol. The van der Waals surface area contributed by atoms with Crippen LogP contribution < -0.4 is 16.6 Å². The highest BCUT2D eigenvalue weighted by Crippen LogP contribution is 2.35. The van der Waals surface area contributed by atoms with Crippen molar-refractivity contribution in [2.45, 2.75) is 38.6 Å². The van der Waals surface area contributed by atoms with Crippen LogP contribution in [0.15, 0.2) is 29.1 Å². The molecule has 26 heavy (non-hydrogen) atoms. The van der Waals surface area contributed by atoms with Gasteiger partial charge in [0.1, 0.15) is 0 Å². The Balaban J connectivity index is 1.43. The molecule has 1 aromatic carbocycles. The Bertz CT molecular complexity index is 1060. The Hall–Kier alpha value is -3.09. The Morgan fingerprint density at radius 2 is 2.00 bits per heavy atom. The molecule has 1 aliphatic rings. The summed E-state index contributed by atoms with van der Waals surface area (Å²) < 4.78 is 0. The van der Waals surface area contributed by atoms with Crippen LogP contribution in [0.25, 0.3) is 10.9 Å². The zero-order valence-electron chi connectivity index (χ0n) is 14.7. The summed E-state index contributed by atoms with van der Waals surface area (Å²) in [5.41, 5.74) is 10.0. The van der Waals surface area contributed by atoms with Crippen LogP contribution >= 0.6 is 0 Å². The molecule has 7 heteroatoms. The first-order valence-corrected chi connectivity index (χ1v) is 8.67. The van der Waals surface area contributed by atoms with Crippen molar-refractivity contribution in [2.75, 3.05) is 5.73 Å². The van der Waals surface area contributed by atoms with E-state index in [2.05, 4.69) is 20.3 Å². The maximum atomic E-state index is 12.5. The number of hydrogen-bond donors (Lipinski definition) is 4. The van der Waals surface area contributed by atoms with Gasteiger partial charge in [0.2, 0.25) is 5.95 Å². The molecule has 4 rings (SSSR count). The molecule has 7 nitrogen and oxygen atoms in total. The number of carbonyl (C=O) groups excluding carboxylic acids is 1. The third-order valence-electron chi connectivity index (χ3n) is 5.24. The molecule has 134 valence electrons. The van der Waals surface area contributed by atoms with E-state index < -0.39 is 0 Å². The normalized spacial score (nSPS) is 19.3. The van der Waals surface area contributed by atoms with Crippen LogP contribution in [0.1, 0.15) is 46.1 Å². The average Bonchev–Trinajstić information content (AvgIpc) is 2.83. The highest BCUT2D eigenvalue weighted by atomic mass is 16.1. The number of benzene rings is 1. The number of carbonyl (C=O) groups is 1. The number of nitrogen functional groups attached to an aromatic ring is 1. The topological polar surface area (TPSA) is 117 Å². The molecule has 2 aromatic heterocycles. The van der Waals surface area contributed by atoms with Crippen LogP contribution in [0.5, 0.6) is 0 Å². The van der Waals surface area contributed by atoms with Gasteiger partial charge in [0.15, 0.2) is 0 Å². The van der Waals surface area contributed by atoms with Gasteiger partial charge in [0.05, 0.1) is 5.69 Å². The Labute approximate surface area is 150 Å². The van der Waals surface area contributed by atoms with Crippen molar-refractivity contribution in [1.82, 2.24) is 20.3 Å². The molecule has 1 aliphatic carbocycles. The molecule has 2 heterocycles. The molecular weight excluding hydrogens is 330 g/mol. The number of anilines is 1. The van der Waals surface area contributed by atoms with Gasteiger partial charge in [-0.05, 0) is 50.5 Å². The standard InChI is InChI=1S/C19H21N5O2/c1-9-10(2)21-15-4-3-11(7-14(9)15)18(26)22-13-5-12(6-13)16-8-17(25)24-19(20)23-16/h3-4,7-8,12-13,21H,5-6H2,1-2H3,(H,22,26)(H3,20,23,24,25). The van der Waals surface area contributed by atoms with E-state index in [1.807, 2.05) is 32.0 Å². The van der Waals surface area contributed by atoms with Crippen LogP contribution in [-0.2, 0) is 0 Å². The van der Waals surface area contributed by atoms with E-state index in [0.717, 1.165) is 35.0 Å². The molecule has 0 atom stereocenters. The first-order valence-electron chi connectivity index (χ1n) is 8.67. The predicted octanol–water partition coefficient (Wildman–Crippen LogP) is 2.13. The third-order valence-corrected chi connectivity index (χ3v) is 5.24. The van der Waals surface area contributed by atoms with E-state index >= 15 is 0 Å². The van der Waals surface area contributed by atoms with Gasteiger partial charge < -0.3 is 16.0 Å². The van der Waals surface area contributed by atoms with Crippen molar-refractivity contribution in [3.63, 3.8) is 0 Å². The number of aromatic amines is 2. The molecule has 0 unspecified atom stereocenters. The van der Waals surface area contributed by atoms with Gasteiger partial charge in [-0.2, -0.15) is 0 Å². The number of aryl methyl sites for hydroxylation is 2. The summed E-state index contributed by atoms with van der Waals surface area (Å²) in [6.07, 6.45) is 1.51. The molecule has 0 bridgehead atoms. The molecule has 5 N–H and O–H groups in total. The molecule has 0 radical (unpaired) electrons. The van der Waals surface area contributed by atoms with E-state index in [-0.39, 0.29) is 29.4 Å². The van der Waals surface area contributed by atoms with E-state index in [9.17, 15) is 9.59 Å². The van der Waals surface area contributed by atoms with Gasteiger partial charge in [0.25, 0.3) is 11.5 Å². The van der Waals surface area contributed by atoms with E-state index in [4.69, 9.17) is 5.73 Å². The first-order chi connectivity index (χ1) is 12.4. The summed E-state index contributed by atoms with van der Waals surface area (Å²) in [5, 5.41) is 4.13. The molecule has 3 aromatic rings. The quantitative estimate of drug-likeness (QED) is 0.578. The molecule has 1 fully saturated rings. The molecule has 1 amide bonds. The highest BCUT2D eigenvalue weighted by Gasteiger charge is 2.33. The van der Waals surface area contributed by atoms with Gasteiger partial charge in [0, 0.05) is 40.2 Å². The fourth-order valence-corrected chi connectivity index (χ4v) is 3.55. The summed E-state index contributed by atoms with van der Waals surface area (Å²) in [6.45, 7) is 4.08. The number of nitrogens with one attached hydrogen (secondary N) is 3. The Kier molecular flexibility index (Phi) is 3.79. The van der Waals surface area contributed by atoms with Crippen LogP contribution in [0, 0.1) is 13.8 Å². The van der Waals surface area contributed by atoms with Crippen LogP contribution in [0.2, 0.25) is 0 Å². The summed E-state index contributed by atoms with van der Waals surface area (Å²) in [7, 11) is 0. The Morgan fingerprint density at radius 1 is 1.23 bits per heavy atom. The van der Waals surface area contributed by atoms with Crippen molar-refractivity contribution < 1.29 is 4.79 Å². The zero-order chi connectivity index (χ0) is 18.4. The van der Waals surface area contributed by atoms with Gasteiger partial charge in [-0.3, -0.25) is 14.6 Å². The lowest BCUT2D eigenvalue weighted by molar-refractivity contribution is 0.0908. The maximum Gasteiger partial charge on any atom is 0.252 e. The van der Waals surface area contributed by atoms with Crippen LogP contribution in [0.4, 0.5) is 5.95 Å².